The van der Waals surface area contributed by atoms with Crippen LogP contribution in [0.4, 0.5) is 0 Å². The van der Waals surface area contributed by atoms with Gasteiger partial charge in [0.2, 0.25) is 5.91 Å². The zero-order chi connectivity index (χ0) is 12.6. The molecule has 0 radical (unpaired) electrons. The molecule has 96 valence electrons. The minimum atomic E-state index is -3.02. The average Bonchev–Trinajstić information content (AvgIpc) is 2.25. The number of hydrogen-bond donors (Lipinski definition) is 2. The van der Waals surface area contributed by atoms with Crippen LogP contribution in [0.1, 0.15) is 13.3 Å². The third-order valence-electron chi connectivity index (χ3n) is 2.12. The van der Waals surface area contributed by atoms with E-state index < -0.39 is 15.9 Å². The Balaban J connectivity index is 3.81. The van der Waals surface area contributed by atoms with Crippen molar-refractivity contribution >= 4 is 27.5 Å². The second kappa shape index (κ2) is 7.92. The second-order valence-corrected chi connectivity index (χ2v) is 6.87. The molecule has 0 aliphatic rings. The lowest BCUT2D eigenvalue weighted by Gasteiger charge is -2.11. The van der Waals surface area contributed by atoms with Crippen molar-refractivity contribution in [3.05, 3.63) is 0 Å². The first-order chi connectivity index (χ1) is 7.43. The van der Waals surface area contributed by atoms with Crippen molar-refractivity contribution in [2.45, 2.75) is 19.4 Å². The first-order valence-corrected chi connectivity index (χ1v) is 8.37. The maximum absolute atomic E-state index is 11.4. The molecule has 1 atom stereocenters. The number of thioether (sulfide) groups is 1. The van der Waals surface area contributed by atoms with Gasteiger partial charge in [0.05, 0.1) is 11.8 Å². The van der Waals surface area contributed by atoms with E-state index in [4.69, 9.17) is 5.73 Å². The fourth-order valence-electron chi connectivity index (χ4n) is 0.981. The summed E-state index contributed by atoms with van der Waals surface area (Å²) in [7, 11) is -3.02. The Morgan fingerprint density at radius 3 is 2.62 bits per heavy atom. The largest absolute Gasteiger partial charge is 0.354 e. The summed E-state index contributed by atoms with van der Waals surface area (Å²) in [6.45, 7) is 1.73. The molecule has 0 aliphatic carbocycles. The van der Waals surface area contributed by atoms with Crippen molar-refractivity contribution < 1.29 is 13.2 Å². The van der Waals surface area contributed by atoms with Crippen LogP contribution in [-0.2, 0) is 14.6 Å². The third kappa shape index (κ3) is 7.08. The summed E-state index contributed by atoms with van der Waals surface area (Å²) >= 11 is 1.62. The quantitative estimate of drug-likeness (QED) is 0.626. The van der Waals surface area contributed by atoms with Gasteiger partial charge >= 0.3 is 0 Å². The Kier molecular flexibility index (Phi) is 7.78. The number of carbonyl (C=O) groups is 1. The highest BCUT2D eigenvalue weighted by atomic mass is 32.2. The Morgan fingerprint density at radius 1 is 1.50 bits per heavy atom. The van der Waals surface area contributed by atoms with Gasteiger partial charge in [-0.3, -0.25) is 4.79 Å². The maximum Gasteiger partial charge on any atom is 0.236 e. The van der Waals surface area contributed by atoms with E-state index in [1.165, 1.54) is 0 Å². The van der Waals surface area contributed by atoms with E-state index in [0.717, 1.165) is 5.75 Å². The van der Waals surface area contributed by atoms with Gasteiger partial charge in [-0.05, 0) is 18.4 Å². The minimum Gasteiger partial charge on any atom is -0.354 e. The van der Waals surface area contributed by atoms with Crippen molar-refractivity contribution in [2.24, 2.45) is 5.73 Å². The third-order valence-corrected chi connectivity index (χ3v) is 4.47. The number of rotatable bonds is 8. The van der Waals surface area contributed by atoms with Crippen molar-refractivity contribution in [1.29, 1.82) is 0 Å². The fourth-order valence-corrected chi connectivity index (χ4v) is 2.17. The molecule has 7 heteroatoms. The molecule has 0 saturated carbocycles. The Labute approximate surface area is 101 Å². The maximum atomic E-state index is 11.4. The highest BCUT2D eigenvalue weighted by molar-refractivity contribution is 7.98. The van der Waals surface area contributed by atoms with E-state index in [1.807, 2.05) is 6.26 Å². The molecule has 5 nitrogen and oxygen atoms in total. The van der Waals surface area contributed by atoms with Gasteiger partial charge in [-0.1, -0.05) is 6.92 Å². The number of carbonyl (C=O) groups excluding carboxylic acids is 1. The predicted molar refractivity (Wildman–Crippen MR) is 68.3 cm³/mol. The summed E-state index contributed by atoms with van der Waals surface area (Å²) in [6, 6.07) is -0.545. The van der Waals surface area contributed by atoms with E-state index in [9.17, 15) is 13.2 Å². The minimum absolute atomic E-state index is 0.0233. The van der Waals surface area contributed by atoms with Gasteiger partial charge in [0.1, 0.15) is 0 Å². The highest BCUT2D eigenvalue weighted by Gasteiger charge is 2.13. The van der Waals surface area contributed by atoms with E-state index >= 15 is 0 Å². The molecule has 0 spiro atoms. The molecule has 3 N–H and O–H groups in total. The van der Waals surface area contributed by atoms with E-state index in [-0.39, 0.29) is 24.0 Å². The first kappa shape index (κ1) is 15.7. The smallest absolute Gasteiger partial charge is 0.236 e. The highest BCUT2D eigenvalue weighted by Crippen LogP contribution is 1.98. The molecular formula is C9H20N2O3S2. The standard InChI is InChI=1S/C9H20N2O3S2/c1-3-16(13,14)7-5-11-9(12)8(10)4-6-15-2/h8H,3-7,10H2,1-2H3,(H,11,12)/t8-/m1/s1. The summed E-state index contributed by atoms with van der Waals surface area (Å²) in [6.07, 6.45) is 2.55. The number of amides is 1. The van der Waals surface area contributed by atoms with Crippen LogP contribution in [0.3, 0.4) is 0 Å². The van der Waals surface area contributed by atoms with Gasteiger partial charge < -0.3 is 11.1 Å². The molecule has 0 fully saturated rings. The van der Waals surface area contributed by atoms with Gasteiger partial charge in [0.15, 0.2) is 9.84 Å². The van der Waals surface area contributed by atoms with Crippen molar-refractivity contribution in [3.8, 4) is 0 Å². The van der Waals surface area contributed by atoms with Crippen molar-refractivity contribution in [3.63, 3.8) is 0 Å². The van der Waals surface area contributed by atoms with Gasteiger partial charge in [-0.2, -0.15) is 11.8 Å². The van der Waals surface area contributed by atoms with Gasteiger partial charge in [-0.25, -0.2) is 8.42 Å². The van der Waals surface area contributed by atoms with Gasteiger partial charge in [-0.15, -0.1) is 0 Å². The van der Waals surface area contributed by atoms with Crippen LogP contribution in [0.2, 0.25) is 0 Å². The average molecular weight is 268 g/mol. The molecule has 0 heterocycles. The van der Waals surface area contributed by atoms with E-state index in [2.05, 4.69) is 5.32 Å². The molecule has 0 aromatic carbocycles. The summed E-state index contributed by atoms with van der Waals surface area (Å²) in [5.41, 5.74) is 5.61. The molecular weight excluding hydrogens is 248 g/mol. The predicted octanol–water partition coefficient (Wildman–Crippen LogP) is -0.382. The topological polar surface area (TPSA) is 89.3 Å². The van der Waals surface area contributed by atoms with Crippen LogP contribution < -0.4 is 11.1 Å². The molecule has 16 heavy (non-hydrogen) atoms. The fraction of sp³-hybridized carbons (Fsp3) is 0.889. The zero-order valence-corrected chi connectivity index (χ0v) is 11.4. The van der Waals surface area contributed by atoms with Crippen molar-refractivity contribution in [1.82, 2.24) is 5.32 Å². The van der Waals surface area contributed by atoms with Crippen LogP contribution in [0.25, 0.3) is 0 Å². The Bertz CT molecular complexity index is 304. The number of hydrogen-bond acceptors (Lipinski definition) is 5. The lowest BCUT2D eigenvalue weighted by molar-refractivity contribution is -0.122. The summed E-state index contributed by atoms with van der Waals surface area (Å²) in [5.74, 6) is 0.619. The molecule has 1 amide bonds. The monoisotopic (exact) mass is 268 g/mol. The lowest BCUT2D eigenvalue weighted by atomic mass is 10.2. The van der Waals surface area contributed by atoms with Crippen molar-refractivity contribution in [2.75, 3.05) is 30.1 Å². The summed E-state index contributed by atoms with van der Waals surface area (Å²) in [4.78, 5) is 11.4. The molecule has 0 bridgehead atoms. The number of sulfone groups is 1. The number of nitrogens with two attached hydrogens (primary N) is 1. The Morgan fingerprint density at radius 2 is 2.12 bits per heavy atom. The molecule has 0 rings (SSSR count). The number of nitrogens with one attached hydrogen (secondary N) is 1. The molecule has 0 aliphatic heterocycles. The molecule has 0 unspecified atom stereocenters. The molecule has 0 aromatic heterocycles. The summed E-state index contributed by atoms with van der Waals surface area (Å²) in [5, 5.41) is 2.53. The lowest BCUT2D eigenvalue weighted by Crippen LogP contribution is -2.42. The SMILES string of the molecule is CCS(=O)(=O)CCNC(=O)[C@H](N)CCSC. The second-order valence-electron chi connectivity index (χ2n) is 3.42. The van der Waals surface area contributed by atoms with Crippen LogP contribution >= 0.6 is 11.8 Å². The first-order valence-electron chi connectivity index (χ1n) is 5.15. The molecule has 0 saturated heterocycles. The van der Waals surface area contributed by atoms with Crippen LogP contribution in [0.15, 0.2) is 0 Å². The van der Waals surface area contributed by atoms with Crippen LogP contribution in [0.5, 0.6) is 0 Å². The summed E-state index contributed by atoms with van der Waals surface area (Å²) < 4.78 is 22.3. The van der Waals surface area contributed by atoms with E-state index in [1.54, 1.807) is 18.7 Å². The van der Waals surface area contributed by atoms with Gasteiger partial charge in [0, 0.05) is 12.3 Å². The Hall–Kier alpha value is -0.270. The zero-order valence-electron chi connectivity index (χ0n) is 9.73. The van der Waals surface area contributed by atoms with Gasteiger partial charge in [0.25, 0.3) is 0 Å². The normalized spacial score (nSPS) is 13.4. The molecule has 0 aromatic rings. The van der Waals surface area contributed by atoms with Crippen LogP contribution in [0, 0.1) is 0 Å². The van der Waals surface area contributed by atoms with Crippen LogP contribution in [-0.4, -0.2) is 50.4 Å². The van der Waals surface area contributed by atoms with E-state index in [0.29, 0.717) is 6.42 Å².